The molecule has 0 aliphatic carbocycles. The molecule has 0 saturated carbocycles. The van der Waals surface area contributed by atoms with Crippen LogP contribution in [0.25, 0.3) is 21.1 Å². The van der Waals surface area contributed by atoms with Crippen LogP contribution in [-0.4, -0.2) is 21.1 Å². The van der Waals surface area contributed by atoms with Crippen molar-refractivity contribution >= 4 is 46.0 Å². The van der Waals surface area contributed by atoms with Gasteiger partial charge in [0, 0.05) is 17.0 Å². The third-order valence-electron chi connectivity index (χ3n) is 3.63. The van der Waals surface area contributed by atoms with Crippen LogP contribution in [0.3, 0.4) is 0 Å². The van der Waals surface area contributed by atoms with Gasteiger partial charge in [-0.05, 0) is 17.5 Å². The summed E-state index contributed by atoms with van der Waals surface area (Å²) in [5, 5.41) is 15.2. The van der Waals surface area contributed by atoms with Crippen LogP contribution in [-0.2, 0) is 11.2 Å². The van der Waals surface area contributed by atoms with Crippen LogP contribution in [0.4, 0.5) is 5.82 Å². The Morgan fingerprint density at radius 2 is 2.08 bits per heavy atom. The normalized spacial score (nSPS) is 10.8. The molecule has 0 saturated heterocycles. The minimum Gasteiger partial charge on any atom is -0.309 e. The quantitative estimate of drug-likeness (QED) is 0.489. The number of carbonyl (C=O) groups excluding carboxylic acids is 1. The molecule has 4 rings (SSSR count). The second-order valence-electron chi connectivity index (χ2n) is 5.49. The van der Waals surface area contributed by atoms with Crippen molar-refractivity contribution in [3.63, 3.8) is 0 Å². The summed E-state index contributed by atoms with van der Waals surface area (Å²) in [5.74, 6) is 0.338. The summed E-state index contributed by atoms with van der Waals surface area (Å²) in [6.07, 6.45) is 0.183. The van der Waals surface area contributed by atoms with Gasteiger partial charge in [-0.25, -0.2) is 4.98 Å². The molecule has 3 heterocycles. The molecule has 0 bridgehead atoms. The van der Waals surface area contributed by atoms with Crippen LogP contribution in [0.1, 0.15) is 5.69 Å². The van der Waals surface area contributed by atoms with Crippen molar-refractivity contribution in [2.75, 3.05) is 5.32 Å². The third kappa shape index (κ3) is 3.70. The van der Waals surface area contributed by atoms with Gasteiger partial charge < -0.3 is 5.32 Å². The van der Waals surface area contributed by atoms with E-state index in [0.717, 1.165) is 21.1 Å². The molecular weight excluding hydrogens is 388 g/mol. The Kier molecular flexibility index (Phi) is 4.83. The number of aromatic nitrogens is 3. The fraction of sp³-hybridized carbons (Fsp3) is 0.0556. The van der Waals surface area contributed by atoms with Gasteiger partial charge in [0.05, 0.1) is 27.7 Å². The predicted molar refractivity (Wildman–Crippen MR) is 107 cm³/mol. The highest BCUT2D eigenvalue weighted by molar-refractivity contribution is 7.13. The number of carbonyl (C=O) groups is 1. The van der Waals surface area contributed by atoms with Gasteiger partial charge in [0.15, 0.2) is 5.82 Å². The highest BCUT2D eigenvalue weighted by Gasteiger charge is 2.12. The van der Waals surface area contributed by atoms with E-state index < -0.39 is 0 Å². The topological polar surface area (TPSA) is 70.7 Å². The first-order valence-electron chi connectivity index (χ1n) is 7.77. The Bertz CT molecular complexity index is 1040. The Morgan fingerprint density at radius 3 is 2.88 bits per heavy atom. The van der Waals surface area contributed by atoms with Crippen LogP contribution in [0.2, 0.25) is 5.02 Å². The molecule has 8 heteroatoms. The molecule has 4 aromatic rings. The second-order valence-corrected chi connectivity index (χ2v) is 7.71. The number of thiazole rings is 1. The molecule has 1 amide bonds. The van der Waals surface area contributed by atoms with E-state index in [1.807, 2.05) is 53.2 Å². The van der Waals surface area contributed by atoms with E-state index in [0.29, 0.717) is 16.5 Å². The van der Waals surface area contributed by atoms with Crippen molar-refractivity contribution in [3.8, 4) is 21.1 Å². The summed E-state index contributed by atoms with van der Waals surface area (Å²) >= 11 is 9.28. The van der Waals surface area contributed by atoms with E-state index in [1.54, 1.807) is 11.3 Å². The fourth-order valence-corrected chi connectivity index (χ4v) is 4.27. The second kappa shape index (κ2) is 7.41. The van der Waals surface area contributed by atoms with Crippen molar-refractivity contribution in [1.29, 1.82) is 0 Å². The summed E-state index contributed by atoms with van der Waals surface area (Å²) in [6, 6.07) is 13.3. The van der Waals surface area contributed by atoms with Gasteiger partial charge in [0.25, 0.3) is 0 Å². The van der Waals surface area contributed by atoms with Gasteiger partial charge in [-0.1, -0.05) is 35.9 Å². The zero-order valence-corrected chi connectivity index (χ0v) is 15.8. The number of aromatic amines is 1. The molecule has 0 aliphatic heterocycles. The minimum atomic E-state index is -0.162. The average Bonchev–Trinajstić information content (AvgIpc) is 3.36. The van der Waals surface area contributed by atoms with Gasteiger partial charge >= 0.3 is 0 Å². The number of benzene rings is 1. The number of halogens is 1. The number of rotatable bonds is 5. The van der Waals surface area contributed by atoms with E-state index in [1.165, 1.54) is 11.3 Å². The van der Waals surface area contributed by atoms with Crippen LogP contribution in [0, 0.1) is 0 Å². The number of nitrogens with zero attached hydrogens (tertiary/aromatic N) is 2. The van der Waals surface area contributed by atoms with Crippen LogP contribution in [0.5, 0.6) is 0 Å². The highest BCUT2D eigenvalue weighted by Crippen LogP contribution is 2.30. The maximum atomic E-state index is 12.3. The van der Waals surface area contributed by atoms with Crippen molar-refractivity contribution < 1.29 is 4.79 Å². The first kappa shape index (κ1) is 17.0. The van der Waals surface area contributed by atoms with E-state index >= 15 is 0 Å². The van der Waals surface area contributed by atoms with Gasteiger partial charge in [-0.3, -0.25) is 9.89 Å². The molecule has 2 N–H and O–H groups in total. The molecule has 0 fully saturated rings. The number of hydrogen-bond donors (Lipinski definition) is 2. The average molecular weight is 401 g/mol. The predicted octanol–water partition coefficient (Wildman–Crippen LogP) is 5.10. The maximum Gasteiger partial charge on any atom is 0.231 e. The number of amides is 1. The summed E-state index contributed by atoms with van der Waals surface area (Å²) < 4.78 is 0. The number of anilines is 1. The lowest BCUT2D eigenvalue weighted by molar-refractivity contribution is -0.115. The van der Waals surface area contributed by atoms with Gasteiger partial charge in [0.1, 0.15) is 5.01 Å². The highest BCUT2D eigenvalue weighted by atomic mass is 35.5. The SMILES string of the molecule is O=C(Cc1csc(-c2ccccc2Cl)n1)Nc1cc(-c2cccs2)[nH]n1. The van der Waals surface area contributed by atoms with Gasteiger partial charge in [0.2, 0.25) is 5.91 Å². The zero-order chi connectivity index (χ0) is 17.9. The molecule has 0 spiro atoms. The number of H-pyrrole nitrogens is 1. The molecule has 26 heavy (non-hydrogen) atoms. The smallest absolute Gasteiger partial charge is 0.231 e. The lowest BCUT2D eigenvalue weighted by Gasteiger charge is -2.00. The Labute approximate surface area is 162 Å². The number of thiophene rings is 1. The summed E-state index contributed by atoms with van der Waals surface area (Å²) in [5.41, 5.74) is 2.46. The molecule has 3 aromatic heterocycles. The van der Waals surface area contributed by atoms with Crippen LogP contribution >= 0.6 is 34.3 Å². The molecule has 0 aliphatic rings. The first-order valence-corrected chi connectivity index (χ1v) is 9.91. The molecule has 0 atom stereocenters. The van der Waals surface area contributed by atoms with Crippen molar-refractivity contribution in [3.05, 3.63) is 63.9 Å². The third-order valence-corrected chi connectivity index (χ3v) is 5.79. The number of hydrogen-bond acceptors (Lipinski definition) is 5. The monoisotopic (exact) mass is 400 g/mol. The summed E-state index contributed by atoms with van der Waals surface area (Å²) in [4.78, 5) is 17.9. The standard InChI is InChI=1S/C18H13ClN4OS2/c19-13-5-2-1-4-12(13)18-20-11(10-26-18)8-17(24)21-16-9-14(22-23-16)15-6-3-7-25-15/h1-7,9-10H,8H2,(H2,21,22,23,24). The minimum absolute atomic E-state index is 0.162. The Balaban J connectivity index is 1.42. The largest absolute Gasteiger partial charge is 0.309 e. The Hall–Kier alpha value is -2.48. The van der Waals surface area contributed by atoms with E-state index in [-0.39, 0.29) is 12.3 Å². The van der Waals surface area contributed by atoms with E-state index in [4.69, 9.17) is 11.6 Å². The zero-order valence-electron chi connectivity index (χ0n) is 13.4. The summed E-state index contributed by atoms with van der Waals surface area (Å²) in [6.45, 7) is 0. The maximum absolute atomic E-state index is 12.3. The molecule has 1 aromatic carbocycles. The lowest BCUT2D eigenvalue weighted by Crippen LogP contribution is -2.14. The van der Waals surface area contributed by atoms with Gasteiger partial charge in [-0.2, -0.15) is 5.10 Å². The van der Waals surface area contributed by atoms with E-state index in [9.17, 15) is 4.79 Å². The van der Waals surface area contributed by atoms with Crippen molar-refractivity contribution in [2.24, 2.45) is 0 Å². The van der Waals surface area contributed by atoms with Crippen LogP contribution in [0.15, 0.2) is 53.2 Å². The fourth-order valence-electron chi connectivity index (χ4n) is 2.44. The Morgan fingerprint density at radius 1 is 1.19 bits per heavy atom. The van der Waals surface area contributed by atoms with E-state index in [2.05, 4.69) is 20.5 Å². The van der Waals surface area contributed by atoms with Crippen molar-refractivity contribution in [2.45, 2.75) is 6.42 Å². The molecule has 5 nitrogen and oxygen atoms in total. The van der Waals surface area contributed by atoms with Crippen LogP contribution < -0.4 is 5.32 Å². The molecular formula is C18H13ClN4OS2. The lowest BCUT2D eigenvalue weighted by atomic mass is 10.2. The molecule has 0 radical (unpaired) electrons. The van der Waals surface area contributed by atoms with Crippen molar-refractivity contribution in [1.82, 2.24) is 15.2 Å². The van der Waals surface area contributed by atoms with Gasteiger partial charge in [-0.15, -0.1) is 22.7 Å². The summed E-state index contributed by atoms with van der Waals surface area (Å²) in [7, 11) is 0. The molecule has 0 unspecified atom stereocenters. The number of nitrogens with one attached hydrogen (secondary N) is 2. The molecule has 130 valence electrons. The first-order chi connectivity index (χ1) is 12.7.